The quantitative estimate of drug-likeness (QED) is 0.611. The second kappa shape index (κ2) is 2.86. The van der Waals surface area contributed by atoms with E-state index in [1.807, 2.05) is 0 Å². The van der Waals surface area contributed by atoms with Crippen molar-refractivity contribution in [2.24, 2.45) is 0 Å². The molecule has 0 saturated heterocycles. The Balaban J connectivity index is 3.02. The van der Waals surface area contributed by atoms with Gasteiger partial charge in [0, 0.05) is 5.41 Å². The Hall–Kier alpha value is -0.500. The van der Waals surface area contributed by atoms with Gasteiger partial charge in [0.2, 0.25) is 0 Å². The molecule has 0 atom stereocenters. The monoisotopic (exact) mass is 173 g/mol. The van der Waals surface area contributed by atoms with Crippen LogP contribution in [0.15, 0.2) is 10.8 Å². The van der Waals surface area contributed by atoms with Gasteiger partial charge in [-0.3, -0.25) is 0 Å². The van der Waals surface area contributed by atoms with Crippen LogP contribution in [0.25, 0.3) is 0 Å². The summed E-state index contributed by atoms with van der Waals surface area (Å²) in [6.45, 7) is 6.25. The maximum Gasteiger partial charge on any atom is 0.181 e. The van der Waals surface area contributed by atoms with Gasteiger partial charge in [0.1, 0.15) is 5.76 Å². The van der Waals surface area contributed by atoms with Crippen LogP contribution in [0.1, 0.15) is 32.2 Å². The van der Waals surface area contributed by atoms with Crippen molar-refractivity contribution >= 4 is 11.6 Å². The lowest BCUT2D eigenvalue weighted by atomic mass is 9.91. The number of hydrogen-bond donors (Lipinski definition) is 0. The smallest absolute Gasteiger partial charge is 0.181 e. The SMILES string of the molecule is CC(C)(C)c1ncoc1CCl. The van der Waals surface area contributed by atoms with Crippen molar-refractivity contribution in [2.75, 3.05) is 0 Å². The first-order valence-corrected chi connectivity index (χ1v) is 4.08. The number of alkyl halides is 1. The second-order valence-electron chi connectivity index (χ2n) is 3.51. The third-order valence-electron chi connectivity index (χ3n) is 1.47. The molecule has 0 radical (unpaired) electrons. The lowest BCUT2D eigenvalue weighted by Crippen LogP contribution is -2.13. The predicted molar refractivity (Wildman–Crippen MR) is 44.8 cm³/mol. The average molecular weight is 174 g/mol. The maximum absolute atomic E-state index is 5.65. The molecule has 1 aromatic rings. The number of rotatable bonds is 1. The Labute approximate surface area is 71.6 Å². The highest BCUT2D eigenvalue weighted by molar-refractivity contribution is 6.16. The first-order valence-electron chi connectivity index (χ1n) is 3.54. The lowest BCUT2D eigenvalue weighted by Gasteiger charge is -2.15. The van der Waals surface area contributed by atoms with E-state index >= 15 is 0 Å². The fourth-order valence-corrected chi connectivity index (χ4v) is 1.17. The molecule has 2 nitrogen and oxygen atoms in total. The van der Waals surface area contributed by atoms with E-state index in [4.69, 9.17) is 16.0 Å². The molecule has 0 aliphatic heterocycles. The predicted octanol–water partition coefficient (Wildman–Crippen LogP) is 2.71. The van der Waals surface area contributed by atoms with Crippen molar-refractivity contribution < 1.29 is 4.42 Å². The highest BCUT2D eigenvalue weighted by Crippen LogP contribution is 2.24. The summed E-state index contributed by atoms with van der Waals surface area (Å²) in [5.74, 6) is 1.17. The summed E-state index contributed by atoms with van der Waals surface area (Å²) in [5.41, 5.74) is 0.976. The molecule has 0 bridgehead atoms. The van der Waals surface area contributed by atoms with Gasteiger partial charge in [-0.15, -0.1) is 11.6 Å². The molecular formula is C8H12ClNO. The van der Waals surface area contributed by atoms with Crippen molar-refractivity contribution in [2.45, 2.75) is 32.1 Å². The third kappa shape index (κ3) is 1.74. The zero-order valence-electron chi connectivity index (χ0n) is 7.02. The summed E-state index contributed by atoms with van der Waals surface area (Å²) in [7, 11) is 0. The Morgan fingerprint density at radius 1 is 1.55 bits per heavy atom. The van der Waals surface area contributed by atoms with Gasteiger partial charge in [-0.25, -0.2) is 4.98 Å². The van der Waals surface area contributed by atoms with Crippen LogP contribution in [-0.2, 0) is 11.3 Å². The maximum atomic E-state index is 5.65. The summed E-state index contributed by atoms with van der Waals surface area (Å²) < 4.78 is 5.10. The summed E-state index contributed by atoms with van der Waals surface area (Å²) in [4.78, 5) is 4.11. The zero-order valence-corrected chi connectivity index (χ0v) is 7.77. The van der Waals surface area contributed by atoms with Crippen LogP contribution in [0, 0.1) is 0 Å². The molecule has 1 heterocycles. The van der Waals surface area contributed by atoms with E-state index in [1.54, 1.807) is 0 Å². The van der Waals surface area contributed by atoms with E-state index in [2.05, 4.69) is 25.8 Å². The fourth-order valence-electron chi connectivity index (χ4n) is 0.977. The van der Waals surface area contributed by atoms with E-state index < -0.39 is 0 Å². The van der Waals surface area contributed by atoms with Gasteiger partial charge in [0.15, 0.2) is 6.39 Å². The molecule has 0 unspecified atom stereocenters. The molecule has 62 valence electrons. The van der Waals surface area contributed by atoms with Gasteiger partial charge >= 0.3 is 0 Å². The van der Waals surface area contributed by atoms with Gasteiger partial charge in [-0.05, 0) is 0 Å². The van der Waals surface area contributed by atoms with Crippen LogP contribution in [-0.4, -0.2) is 4.98 Å². The zero-order chi connectivity index (χ0) is 8.48. The summed E-state index contributed by atoms with van der Waals surface area (Å²) in [5, 5.41) is 0. The molecule has 0 saturated carbocycles. The van der Waals surface area contributed by atoms with Crippen molar-refractivity contribution in [3.05, 3.63) is 17.8 Å². The first kappa shape index (κ1) is 8.60. The van der Waals surface area contributed by atoms with Crippen LogP contribution in [0.4, 0.5) is 0 Å². The number of aromatic nitrogens is 1. The van der Waals surface area contributed by atoms with E-state index in [0.29, 0.717) is 5.88 Å². The Morgan fingerprint density at radius 3 is 2.55 bits per heavy atom. The number of hydrogen-bond acceptors (Lipinski definition) is 2. The molecular weight excluding hydrogens is 162 g/mol. The minimum absolute atomic E-state index is 0.0250. The molecule has 1 aromatic heterocycles. The summed E-state index contributed by atoms with van der Waals surface area (Å²) in [6, 6.07) is 0. The van der Waals surface area contributed by atoms with Crippen LogP contribution >= 0.6 is 11.6 Å². The van der Waals surface area contributed by atoms with Crippen LogP contribution in [0.3, 0.4) is 0 Å². The standard InChI is InChI=1S/C8H12ClNO/c1-8(2,3)7-6(4-9)11-5-10-7/h5H,4H2,1-3H3. The van der Waals surface area contributed by atoms with Gasteiger partial charge in [-0.2, -0.15) is 0 Å². The Bertz CT molecular complexity index is 236. The van der Waals surface area contributed by atoms with Gasteiger partial charge < -0.3 is 4.42 Å². The molecule has 1 rings (SSSR count). The van der Waals surface area contributed by atoms with Crippen LogP contribution in [0.5, 0.6) is 0 Å². The minimum atomic E-state index is 0.0250. The van der Waals surface area contributed by atoms with Gasteiger partial charge in [0.25, 0.3) is 0 Å². The van der Waals surface area contributed by atoms with Crippen molar-refractivity contribution in [3.63, 3.8) is 0 Å². The molecule has 11 heavy (non-hydrogen) atoms. The number of halogens is 1. The first-order chi connectivity index (χ1) is 5.05. The molecule has 0 amide bonds. The van der Waals surface area contributed by atoms with E-state index in [9.17, 15) is 0 Å². The number of nitrogens with zero attached hydrogens (tertiary/aromatic N) is 1. The van der Waals surface area contributed by atoms with Crippen LogP contribution < -0.4 is 0 Å². The highest BCUT2D eigenvalue weighted by Gasteiger charge is 2.21. The fraction of sp³-hybridized carbons (Fsp3) is 0.625. The molecule has 0 aliphatic rings. The minimum Gasteiger partial charge on any atom is -0.447 e. The normalized spacial score (nSPS) is 12.0. The summed E-state index contributed by atoms with van der Waals surface area (Å²) >= 11 is 5.65. The molecule has 0 spiro atoms. The molecule has 3 heteroatoms. The topological polar surface area (TPSA) is 26.0 Å². The molecule has 0 fully saturated rings. The van der Waals surface area contributed by atoms with Crippen molar-refractivity contribution in [1.29, 1.82) is 0 Å². The molecule has 0 aromatic carbocycles. The Morgan fingerprint density at radius 2 is 2.18 bits per heavy atom. The van der Waals surface area contributed by atoms with Crippen molar-refractivity contribution in [3.8, 4) is 0 Å². The number of oxazole rings is 1. The van der Waals surface area contributed by atoms with Crippen LogP contribution in [0.2, 0.25) is 0 Å². The van der Waals surface area contributed by atoms with Crippen molar-refractivity contribution in [1.82, 2.24) is 4.98 Å². The average Bonchev–Trinajstić information content (AvgIpc) is 2.31. The molecule has 0 aliphatic carbocycles. The van der Waals surface area contributed by atoms with E-state index in [-0.39, 0.29) is 5.41 Å². The molecule has 0 N–H and O–H groups in total. The largest absolute Gasteiger partial charge is 0.447 e. The third-order valence-corrected chi connectivity index (χ3v) is 1.72. The van der Waals surface area contributed by atoms with E-state index in [1.165, 1.54) is 6.39 Å². The second-order valence-corrected chi connectivity index (χ2v) is 3.78. The van der Waals surface area contributed by atoms with Gasteiger partial charge in [0.05, 0.1) is 11.6 Å². The lowest BCUT2D eigenvalue weighted by molar-refractivity contribution is 0.502. The Kier molecular flexibility index (Phi) is 2.23. The summed E-state index contributed by atoms with van der Waals surface area (Å²) in [6.07, 6.45) is 1.44. The van der Waals surface area contributed by atoms with Gasteiger partial charge in [-0.1, -0.05) is 20.8 Å². The van der Waals surface area contributed by atoms with E-state index in [0.717, 1.165) is 11.5 Å². The highest BCUT2D eigenvalue weighted by atomic mass is 35.5.